The SMILES string of the molecule is Cn1cc(CC(C)(N)c2ccc3c(c2)CCCC3)nn1. The molecule has 1 aromatic carbocycles. The quantitative estimate of drug-likeness (QED) is 0.929. The average molecular weight is 270 g/mol. The lowest BCUT2D eigenvalue weighted by Crippen LogP contribution is -2.35. The zero-order chi connectivity index (χ0) is 14.2. The summed E-state index contributed by atoms with van der Waals surface area (Å²) in [6, 6.07) is 6.73. The standard InChI is InChI=1S/C16H22N4/c1-16(17,10-15-11-20(2)19-18-15)14-8-7-12-5-3-4-6-13(12)9-14/h7-9,11H,3-6,10,17H2,1-2H3. The Bertz CT molecular complexity index is 613. The van der Waals surface area contributed by atoms with Gasteiger partial charge in [-0.2, -0.15) is 0 Å². The van der Waals surface area contributed by atoms with Crippen molar-refractivity contribution < 1.29 is 0 Å². The summed E-state index contributed by atoms with van der Waals surface area (Å²) in [6.07, 6.45) is 7.64. The maximum Gasteiger partial charge on any atom is 0.0848 e. The first-order chi connectivity index (χ1) is 9.54. The summed E-state index contributed by atoms with van der Waals surface area (Å²) in [6.45, 7) is 2.08. The maximum atomic E-state index is 6.54. The molecule has 20 heavy (non-hydrogen) atoms. The Morgan fingerprint density at radius 1 is 1.25 bits per heavy atom. The molecule has 1 aromatic heterocycles. The summed E-state index contributed by atoms with van der Waals surface area (Å²) in [5, 5.41) is 8.12. The molecule has 2 aromatic rings. The van der Waals surface area contributed by atoms with Gasteiger partial charge in [0, 0.05) is 25.2 Å². The molecule has 1 unspecified atom stereocenters. The number of aryl methyl sites for hydroxylation is 3. The molecule has 0 aliphatic heterocycles. The number of rotatable bonds is 3. The highest BCUT2D eigenvalue weighted by Crippen LogP contribution is 2.28. The Kier molecular flexibility index (Phi) is 3.34. The molecule has 3 rings (SSSR count). The van der Waals surface area contributed by atoms with Gasteiger partial charge in [0.1, 0.15) is 0 Å². The van der Waals surface area contributed by atoms with Gasteiger partial charge in [0.25, 0.3) is 0 Å². The van der Waals surface area contributed by atoms with Crippen LogP contribution in [0, 0.1) is 0 Å². The van der Waals surface area contributed by atoms with Gasteiger partial charge >= 0.3 is 0 Å². The van der Waals surface area contributed by atoms with Crippen molar-refractivity contribution in [2.24, 2.45) is 12.8 Å². The average Bonchev–Trinajstić information content (AvgIpc) is 2.83. The largest absolute Gasteiger partial charge is 0.321 e. The van der Waals surface area contributed by atoms with E-state index in [1.54, 1.807) is 4.68 Å². The molecule has 1 heterocycles. The van der Waals surface area contributed by atoms with Crippen LogP contribution in [0.1, 0.15) is 42.1 Å². The first-order valence-corrected chi connectivity index (χ1v) is 7.31. The molecule has 0 bridgehead atoms. The van der Waals surface area contributed by atoms with E-state index in [9.17, 15) is 0 Å². The van der Waals surface area contributed by atoms with Gasteiger partial charge in [-0.1, -0.05) is 23.4 Å². The zero-order valence-electron chi connectivity index (χ0n) is 12.3. The van der Waals surface area contributed by atoms with E-state index in [4.69, 9.17) is 5.73 Å². The number of nitrogens with zero attached hydrogens (tertiary/aromatic N) is 3. The summed E-state index contributed by atoms with van der Waals surface area (Å²) in [4.78, 5) is 0. The summed E-state index contributed by atoms with van der Waals surface area (Å²) in [5.41, 5.74) is 11.2. The van der Waals surface area contributed by atoms with Crippen LogP contribution in [-0.2, 0) is 31.8 Å². The van der Waals surface area contributed by atoms with E-state index in [0.29, 0.717) is 6.42 Å². The van der Waals surface area contributed by atoms with Crippen LogP contribution < -0.4 is 5.73 Å². The fourth-order valence-electron chi connectivity index (χ4n) is 3.04. The minimum Gasteiger partial charge on any atom is -0.321 e. The lowest BCUT2D eigenvalue weighted by molar-refractivity contribution is 0.483. The van der Waals surface area contributed by atoms with Gasteiger partial charge in [-0.15, -0.1) is 5.10 Å². The van der Waals surface area contributed by atoms with Crippen LogP contribution in [0.2, 0.25) is 0 Å². The molecule has 0 radical (unpaired) electrons. The van der Waals surface area contributed by atoms with Crippen molar-refractivity contribution in [1.82, 2.24) is 15.0 Å². The van der Waals surface area contributed by atoms with Gasteiger partial charge in [-0.3, -0.25) is 4.68 Å². The number of hydrogen-bond acceptors (Lipinski definition) is 3. The third-order valence-corrected chi connectivity index (χ3v) is 4.21. The minimum atomic E-state index is -0.400. The number of aromatic nitrogens is 3. The number of nitrogens with two attached hydrogens (primary N) is 1. The van der Waals surface area contributed by atoms with Crippen LogP contribution in [0.25, 0.3) is 0 Å². The minimum absolute atomic E-state index is 0.400. The van der Waals surface area contributed by atoms with Gasteiger partial charge in [0.15, 0.2) is 0 Å². The molecular formula is C16H22N4. The second-order valence-corrected chi connectivity index (χ2v) is 6.17. The van der Waals surface area contributed by atoms with Crippen molar-refractivity contribution in [2.45, 2.75) is 44.6 Å². The van der Waals surface area contributed by atoms with Gasteiger partial charge < -0.3 is 5.73 Å². The molecule has 0 saturated heterocycles. The second kappa shape index (κ2) is 5.02. The van der Waals surface area contributed by atoms with Gasteiger partial charge in [0.2, 0.25) is 0 Å². The molecule has 1 aliphatic carbocycles. The monoisotopic (exact) mass is 270 g/mol. The Hall–Kier alpha value is -1.68. The number of benzene rings is 1. The van der Waals surface area contributed by atoms with Crippen LogP contribution in [0.5, 0.6) is 0 Å². The smallest absolute Gasteiger partial charge is 0.0848 e. The second-order valence-electron chi connectivity index (χ2n) is 6.17. The Morgan fingerprint density at radius 2 is 2.00 bits per heavy atom. The molecule has 2 N–H and O–H groups in total. The molecule has 0 spiro atoms. The molecule has 1 atom stereocenters. The summed E-state index contributed by atoms with van der Waals surface area (Å²) < 4.78 is 1.72. The fraction of sp³-hybridized carbons (Fsp3) is 0.500. The van der Waals surface area contributed by atoms with E-state index in [0.717, 1.165) is 5.69 Å². The Labute approximate surface area is 120 Å². The van der Waals surface area contributed by atoms with Crippen LogP contribution in [0.15, 0.2) is 24.4 Å². The number of hydrogen-bond donors (Lipinski definition) is 1. The maximum absolute atomic E-state index is 6.54. The molecule has 0 saturated carbocycles. The zero-order valence-corrected chi connectivity index (χ0v) is 12.3. The van der Waals surface area contributed by atoms with Crippen molar-refractivity contribution in [3.8, 4) is 0 Å². The first kappa shape index (κ1) is 13.3. The molecule has 4 heteroatoms. The van der Waals surface area contributed by atoms with Crippen LogP contribution in [-0.4, -0.2) is 15.0 Å². The molecule has 0 amide bonds. The van der Waals surface area contributed by atoms with Gasteiger partial charge in [-0.05, 0) is 49.3 Å². The third kappa shape index (κ3) is 2.61. The summed E-state index contributed by atoms with van der Waals surface area (Å²) in [7, 11) is 1.88. The van der Waals surface area contributed by atoms with E-state index >= 15 is 0 Å². The van der Waals surface area contributed by atoms with Crippen molar-refractivity contribution in [3.63, 3.8) is 0 Å². The topological polar surface area (TPSA) is 56.7 Å². The van der Waals surface area contributed by atoms with Crippen LogP contribution >= 0.6 is 0 Å². The van der Waals surface area contributed by atoms with Crippen molar-refractivity contribution in [3.05, 3.63) is 46.8 Å². The Morgan fingerprint density at radius 3 is 2.70 bits per heavy atom. The van der Waals surface area contributed by atoms with Crippen LogP contribution in [0.3, 0.4) is 0 Å². The molecule has 106 valence electrons. The van der Waals surface area contributed by atoms with Gasteiger partial charge in [0.05, 0.1) is 5.69 Å². The summed E-state index contributed by atoms with van der Waals surface area (Å²) >= 11 is 0. The predicted molar refractivity (Wildman–Crippen MR) is 79.3 cm³/mol. The lowest BCUT2D eigenvalue weighted by atomic mass is 9.83. The van der Waals surface area contributed by atoms with Crippen molar-refractivity contribution >= 4 is 0 Å². The molecule has 1 aliphatic rings. The predicted octanol–water partition coefficient (Wildman–Crippen LogP) is 2.11. The first-order valence-electron chi connectivity index (χ1n) is 7.31. The van der Waals surface area contributed by atoms with Crippen molar-refractivity contribution in [1.29, 1.82) is 0 Å². The van der Waals surface area contributed by atoms with E-state index in [-0.39, 0.29) is 0 Å². The highest BCUT2D eigenvalue weighted by atomic mass is 15.4. The normalized spacial score (nSPS) is 17.6. The van der Waals surface area contributed by atoms with Crippen LogP contribution in [0.4, 0.5) is 0 Å². The van der Waals surface area contributed by atoms with Crippen molar-refractivity contribution in [2.75, 3.05) is 0 Å². The molecule has 0 fully saturated rings. The highest BCUT2D eigenvalue weighted by Gasteiger charge is 2.24. The Balaban J connectivity index is 1.86. The van der Waals surface area contributed by atoms with E-state index in [1.165, 1.54) is 42.4 Å². The highest BCUT2D eigenvalue weighted by molar-refractivity contribution is 5.37. The van der Waals surface area contributed by atoms with E-state index in [1.807, 2.05) is 13.2 Å². The lowest BCUT2D eigenvalue weighted by Gasteiger charge is -2.26. The van der Waals surface area contributed by atoms with E-state index < -0.39 is 5.54 Å². The third-order valence-electron chi connectivity index (χ3n) is 4.21. The fourth-order valence-corrected chi connectivity index (χ4v) is 3.04. The molecular weight excluding hydrogens is 248 g/mol. The van der Waals surface area contributed by atoms with Gasteiger partial charge in [-0.25, -0.2) is 0 Å². The van der Waals surface area contributed by atoms with E-state index in [2.05, 4.69) is 35.4 Å². The summed E-state index contributed by atoms with van der Waals surface area (Å²) in [5.74, 6) is 0. The number of fused-ring (bicyclic) bond motifs is 1. The molecule has 4 nitrogen and oxygen atoms in total.